The van der Waals surface area contributed by atoms with Crippen molar-refractivity contribution in [2.75, 3.05) is 0 Å². The van der Waals surface area contributed by atoms with E-state index in [1.54, 1.807) is 0 Å². The van der Waals surface area contributed by atoms with Gasteiger partial charge in [0.1, 0.15) is 5.76 Å². The SMILES string of the molecule is Cc1oc(=O)c(C)c(-c2ccccc2)c1-c1ccccc1. The zero-order valence-electron chi connectivity index (χ0n) is 12.1. The first-order chi connectivity index (χ1) is 10.2. The third-order valence-corrected chi connectivity index (χ3v) is 3.65. The lowest BCUT2D eigenvalue weighted by Gasteiger charge is -2.14. The van der Waals surface area contributed by atoms with Crippen LogP contribution in [0, 0.1) is 13.8 Å². The average molecular weight is 276 g/mol. The number of hydrogen-bond donors (Lipinski definition) is 0. The fourth-order valence-corrected chi connectivity index (χ4v) is 2.65. The highest BCUT2D eigenvalue weighted by atomic mass is 16.4. The largest absolute Gasteiger partial charge is 0.427 e. The van der Waals surface area contributed by atoms with Gasteiger partial charge in [-0.2, -0.15) is 0 Å². The molecule has 21 heavy (non-hydrogen) atoms. The Morgan fingerprint density at radius 1 is 0.714 bits per heavy atom. The fourth-order valence-electron chi connectivity index (χ4n) is 2.65. The molecule has 0 aliphatic rings. The van der Waals surface area contributed by atoms with E-state index in [0.717, 1.165) is 22.3 Å². The van der Waals surface area contributed by atoms with Gasteiger partial charge in [-0.15, -0.1) is 0 Å². The molecule has 0 N–H and O–H groups in total. The molecule has 2 aromatic carbocycles. The molecule has 0 spiro atoms. The second-order valence-electron chi connectivity index (χ2n) is 5.05. The maximum atomic E-state index is 12.1. The van der Waals surface area contributed by atoms with E-state index in [0.29, 0.717) is 11.3 Å². The summed E-state index contributed by atoms with van der Waals surface area (Å²) in [5.41, 5.74) is 4.40. The Kier molecular flexibility index (Phi) is 3.44. The molecular weight excluding hydrogens is 260 g/mol. The highest BCUT2D eigenvalue weighted by Crippen LogP contribution is 2.35. The van der Waals surface area contributed by atoms with Gasteiger partial charge in [0.15, 0.2) is 0 Å². The summed E-state index contributed by atoms with van der Waals surface area (Å²) in [4.78, 5) is 12.1. The molecule has 0 saturated carbocycles. The summed E-state index contributed by atoms with van der Waals surface area (Å²) in [6, 6.07) is 20.0. The van der Waals surface area contributed by atoms with Crippen LogP contribution in [0.5, 0.6) is 0 Å². The van der Waals surface area contributed by atoms with Gasteiger partial charge in [0.2, 0.25) is 0 Å². The molecule has 0 bridgehead atoms. The highest BCUT2D eigenvalue weighted by Gasteiger charge is 2.17. The number of hydrogen-bond acceptors (Lipinski definition) is 2. The molecule has 0 aliphatic heterocycles. The van der Waals surface area contributed by atoms with E-state index in [4.69, 9.17) is 4.42 Å². The van der Waals surface area contributed by atoms with Crippen LogP contribution in [-0.2, 0) is 0 Å². The molecular formula is C19H16O2. The Morgan fingerprint density at radius 2 is 1.19 bits per heavy atom. The summed E-state index contributed by atoms with van der Waals surface area (Å²) < 4.78 is 5.40. The van der Waals surface area contributed by atoms with Crippen LogP contribution in [0.2, 0.25) is 0 Å². The third-order valence-electron chi connectivity index (χ3n) is 3.65. The monoisotopic (exact) mass is 276 g/mol. The molecule has 0 amide bonds. The lowest BCUT2D eigenvalue weighted by molar-refractivity contribution is 0.478. The minimum Gasteiger partial charge on any atom is -0.427 e. The van der Waals surface area contributed by atoms with Crippen molar-refractivity contribution in [3.63, 3.8) is 0 Å². The normalized spacial score (nSPS) is 10.6. The second-order valence-corrected chi connectivity index (χ2v) is 5.05. The average Bonchev–Trinajstić information content (AvgIpc) is 2.52. The molecule has 0 saturated heterocycles. The number of aryl methyl sites for hydroxylation is 1. The van der Waals surface area contributed by atoms with Crippen LogP contribution in [-0.4, -0.2) is 0 Å². The van der Waals surface area contributed by atoms with E-state index in [-0.39, 0.29) is 5.63 Å². The van der Waals surface area contributed by atoms with Gasteiger partial charge in [0.05, 0.1) is 0 Å². The van der Waals surface area contributed by atoms with Crippen LogP contribution in [0.1, 0.15) is 11.3 Å². The molecule has 0 unspecified atom stereocenters. The highest BCUT2D eigenvalue weighted by molar-refractivity contribution is 5.86. The molecule has 3 aromatic rings. The van der Waals surface area contributed by atoms with Gasteiger partial charge < -0.3 is 4.42 Å². The van der Waals surface area contributed by atoms with Gasteiger partial charge in [-0.05, 0) is 25.0 Å². The predicted molar refractivity (Wildman–Crippen MR) is 85.3 cm³/mol. The van der Waals surface area contributed by atoms with Crippen molar-refractivity contribution < 1.29 is 4.42 Å². The summed E-state index contributed by atoms with van der Waals surface area (Å²) >= 11 is 0. The maximum absolute atomic E-state index is 12.1. The molecule has 2 nitrogen and oxygen atoms in total. The van der Waals surface area contributed by atoms with Gasteiger partial charge in [-0.1, -0.05) is 60.7 Å². The molecule has 2 heteroatoms. The van der Waals surface area contributed by atoms with Gasteiger partial charge in [0, 0.05) is 16.7 Å². The van der Waals surface area contributed by atoms with Gasteiger partial charge >= 0.3 is 5.63 Å². The second kappa shape index (κ2) is 5.41. The molecule has 1 heterocycles. The van der Waals surface area contributed by atoms with Crippen LogP contribution in [0.4, 0.5) is 0 Å². The molecule has 0 aliphatic carbocycles. The zero-order chi connectivity index (χ0) is 14.8. The standard InChI is InChI=1S/C19H16O2/c1-13-17(15-9-5-3-6-10-15)18(14(2)21-19(13)20)16-11-7-4-8-12-16/h3-12H,1-2H3. The number of rotatable bonds is 2. The summed E-state index contributed by atoms with van der Waals surface area (Å²) in [6.07, 6.45) is 0. The Balaban J connectivity index is 2.39. The first-order valence-corrected chi connectivity index (χ1v) is 6.93. The molecule has 1 aromatic heterocycles. The summed E-state index contributed by atoms with van der Waals surface area (Å²) in [7, 11) is 0. The molecule has 0 atom stereocenters. The van der Waals surface area contributed by atoms with Gasteiger partial charge in [-0.25, -0.2) is 4.79 Å². The molecule has 104 valence electrons. The minimum absolute atomic E-state index is 0.272. The quantitative estimate of drug-likeness (QED) is 0.685. The lowest BCUT2D eigenvalue weighted by Crippen LogP contribution is -2.08. The molecule has 0 fully saturated rings. The summed E-state index contributed by atoms with van der Waals surface area (Å²) in [6.45, 7) is 3.66. The Bertz CT molecular complexity index is 815. The third kappa shape index (κ3) is 2.40. The van der Waals surface area contributed by atoms with Crippen molar-refractivity contribution in [1.82, 2.24) is 0 Å². The van der Waals surface area contributed by atoms with Crippen LogP contribution in [0.15, 0.2) is 69.9 Å². The van der Waals surface area contributed by atoms with E-state index in [2.05, 4.69) is 0 Å². The molecule has 0 radical (unpaired) electrons. The fraction of sp³-hybridized carbons (Fsp3) is 0.105. The topological polar surface area (TPSA) is 30.2 Å². The minimum atomic E-state index is -0.272. The van der Waals surface area contributed by atoms with Crippen molar-refractivity contribution in [1.29, 1.82) is 0 Å². The van der Waals surface area contributed by atoms with E-state index in [1.165, 1.54) is 0 Å². The van der Waals surface area contributed by atoms with Crippen LogP contribution >= 0.6 is 0 Å². The zero-order valence-corrected chi connectivity index (χ0v) is 12.1. The van der Waals surface area contributed by atoms with Gasteiger partial charge in [-0.3, -0.25) is 0 Å². The van der Waals surface area contributed by atoms with Crippen LogP contribution in [0.3, 0.4) is 0 Å². The van der Waals surface area contributed by atoms with Crippen LogP contribution < -0.4 is 5.63 Å². The Morgan fingerprint density at radius 3 is 1.71 bits per heavy atom. The van der Waals surface area contributed by atoms with E-state index in [1.807, 2.05) is 74.5 Å². The van der Waals surface area contributed by atoms with Crippen molar-refractivity contribution in [3.8, 4) is 22.3 Å². The predicted octanol–water partition coefficient (Wildman–Crippen LogP) is 4.59. The molecule has 3 rings (SSSR count). The number of benzene rings is 2. The van der Waals surface area contributed by atoms with E-state index in [9.17, 15) is 4.79 Å². The van der Waals surface area contributed by atoms with Crippen molar-refractivity contribution in [3.05, 3.63) is 82.4 Å². The smallest absolute Gasteiger partial charge is 0.339 e. The van der Waals surface area contributed by atoms with Crippen molar-refractivity contribution >= 4 is 0 Å². The summed E-state index contributed by atoms with van der Waals surface area (Å²) in [5, 5.41) is 0. The van der Waals surface area contributed by atoms with Crippen molar-refractivity contribution in [2.24, 2.45) is 0 Å². The van der Waals surface area contributed by atoms with Gasteiger partial charge in [0.25, 0.3) is 0 Å². The first kappa shape index (κ1) is 13.4. The first-order valence-electron chi connectivity index (χ1n) is 6.93. The Hall–Kier alpha value is -2.61. The maximum Gasteiger partial charge on any atom is 0.339 e. The van der Waals surface area contributed by atoms with Crippen molar-refractivity contribution in [2.45, 2.75) is 13.8 Å². The Labute approximate surface area is 123 Å². The van der Waals surface area contributed by atoms with Crippen LogP contribution in [0.25, 0.3) is 22.3 Å². The van der Waals surface area contributed by atoms with E-state index < -0.39 is 0 Å². The summed E-state index contributed by atoms with van der Waals surface area (Å²) in [5.74, 6) is 0.649. The lowest BCUT2D eigenvalue weighted by atomic mass is 9.92. The van der Waals surface area contributed by atoms with E-state index >= 15 is 0 Å².